The standard InChI is InChI=1S/C9H10ClN3O5S2/c10-9-6(13(15)16)4-8(19-9)20(17,18)12-3-1-2-11-7(14)5-12/h4H,1-3,5H2,(H,11,14). The van der Waals surface area contributed by atoms with E-state index in [1.54, 1.807) is 0 Å². The fourth-order valence-electron chi connectivity index (χ4n) is 1.70. The van der Waals surface area contributed by atoms with E-state index in [4.69, 9.17) is 11.6 Å². The van der Waals surface area contributed by atoms with Gasteiger partial charge in [0.25, 0.3) is 15.7 Å². The zero-order valence-electron chi connectivity index (χ0n) is 10.0. The lowest BCUT2D eigenvalue weighted by atomic mass is 10.4. The smallest absolute Gasteiger partial charge is 0.300 e. The van der Waals surface area contributed by atoms with Crippen molar-refractivity contribution in [1.29, 1.82) is 0 Å². The molecule has 0 saturated carbocycles. The Balaban J connectivity index is 2.36. The van der Waals surface area contributed by atoms with Crippen molar-refractivity contribution in [3.8, 4) is 0 Å². The van der Waals surface area contributed by atoms with E-state index < -0.39 is 26.5 Å². The van der Waals surface area contributed by atoms with Crippen molar-refractivity contribution < 1.29 is 18.1 Å². The second-order valence-corrected chi connectivity index (χ2v) is 7.84. The van der Waals surface area contributed by atoms with E-state index >= 15 is 0 Å². The Morgan fingerprint density at radius 1 is 1.50 bits per heavy atom. The number of sulfonamides is 1. The first kappa shape index (κ1) is 15.2. The Morgan fingerprint density at radius 2 is 2.20 bits per heavy atom. The van der Waals surface area contributed by atoms with Gasteiger partial charge in [0.15, 0.2) is 4.34 Å². The van der Waals surface area contributed by atoms with Crippen molar-refractivity contribution in [2.45, 2.75) is 10.6 Å². The van der Waals surface area contributed by atoms with Gasteiger partial charge < -0.3 is 5.32 Å². The van der Waals surface area contributed by atoms with Gasteiger partial charge in [0.1, 0.15) is 4.21 Å². The van der Waals surface area contributed by atoms with Crippen LogP contribution in [-0.2, 0) is 14.8 Å². The molecule has 20 heavy (non-hydrogen) atoms. The number of nitro groups is 1. The summed E-state index contributed by atoms with van der Waals surface area (Å²) in [7, 11) is -3.95. The average molecular weight is 340 g/mol. The van der Waals surface area contributed by atoms with Crippen LogP contribution in [0, 0.1) is 10.1 Å². The summed E-state index contributed by atoms with van der Waals surface area (Å²) >= 11 is 6.27. The van der Waals surface area contributed by atoms with E-state index in [1.165, 1.54) is 0 Å². The fourth-order valence-corrected chi connectivity index (χ4v) is 4.96. The third-order valence-corrected chi connectivity index (χ3v) is 6.30. The number of rotatable bonds is 3. The van der Waals surface area contributed by atoms with E-state index in [1.807, 2.05) is 0 Å². The molecule has 11 heteroatoms. The summed E-state index contributed by atoms with van der Waals surface area (Å²) < 4.78 is 25.3. The number of nitrogens with zero attached hydrogens (tertiary/aromatic N) is 2. The van der Waals surface area contributed by atoms with Crippen LogP contribution < -0.4 is 5.32 Å². The number of hydrogen-bond acceptors (Lipinski definition) is 6. The summed E-state index contributed by atoms with van der Waals surface area (Å²) in [5, 5.41) is 13.3. The summed E-state index contributed by atoms with van der Waals surface area (Å²) in [5.41, 5.74) is -0.450. The van der Waals surface area contributed by atoms with Crippen molar-refractivity contribution in [2.75, 3.05) is 19.6 Å². The summed E-state index contributed by atoms with van der Waals surface area (Å²) in [4.78, 5) is 21.4. The topological polar surface area (TPSA) is 110 Å². The van der Waals surface area contributed by atoms with Gasteiger partial charge in [-0.3, -0.25) is 14.9 Å². The predicted molar refractivity (Wildman–Crippen MR) is 72.4 cm³/mol. The lowest BCUT2D eigenvalue weighted by Crippen LogP contribution is -2.37. The molecule has 1 aromatic heterocycles. The second kappa shape index (κ2) is 5.64. The molecule has 0 unspecified atom stereocenters. The van der Waals surface area contributed by atoms with Gasteiger partial charge >= 0.3 is 0 Å². The molecule has 0 radical (unpaired) electrons. The lowest BCUT2D eigenvalue weighted by molar-refractivity contribution is -0.384. The first-order chi connectivity index (χ1) is 9.32. The molecule has 2 rings (SSSR count). The summed E-state index contributed by atoms with van der Waals surface area (Å²) in [5.74, 6) is -0.400. The molecule has 0 aliphatic carbocycles. The van der Waals surface area contributed by atoms with E-state index in [0.29, 0.717) is 24.3 Å². The van der Waals surface area contributed by atoms with Crippen LogP contribution in [0.3, 0.4) is 0 Å². The van der Waals surface area contributed by atoms with Gasteiger partial charge in [-0.15, -0.1) is 11.3 Å². The van der Waals surface area contributed by atoms with E-state index in [2.05, 4.69) is 5.32 Å². The maximum Gasteiger partial charge on any atom is 0.300 e. The van der Waals surface area contributed by atoms with E-state index in [0.717, 1.165) is 10.4 Å². The molecule has 110 valence electrons. The van der Waals surface area contributed by atoms with Gasteiger partial charge in [-0.25, -0.2) is 8.42 Å². The van der Waals surface area contributed by atoms with Gasteiger partial charge in [0, 0.05) is 19.2 Å². The quantitative estimate of drug-likeness (QED) is 0.647. The Kier molecular flexibility index (Phi) is 4.28. The summed E-state index contributed by atoms with van der Waals surface area (Å²) in [6, 6.07) is 0.922. The average Bonchev–Trinajstić information content (AvgIpc) is 2.62. The SMILES string of the molecule is O=C1CN(S(=O)(=O)c2cc([N+](=O)[O-])c(Cl)s2)CCCN1. The number of amides is 1. The fraction of sp³-hybridized carbons (Fsp3) is 0.444. The minimum absolute atomic E-state index is 0.171. The molecule has 1 fully saturated rings. The number of halogens is 1. The molecule has 0 atom stereocenters. The molecule has 1 aliphatic heterocycles. The highest BCUT2D eigenvalue weighted by Gasteiger charge is 2.32. The van der Waals surface area contributed by atoms with Gasteiger partial charge in [-0.1, -0.05) is 11.6 Å². The molecular formula is C9H10ClN3O5S2. The monoisotopic (exact) mass is 339 g/mol. The van der Waals surface area contributed by atoms with Crippen LogP contribution >= 0.6 is 22.9 Å². The van der Waals surface area contributed by atoms with Gasteiger partial charge in [0.2, 0.25) is 5.91 Å². The molecule has 1 aliphatic rings. The molecule has 1 saturated heterocycles. The van der Waals surface area contributed by atoms with Crippen LogP contribution in [0.5, 0.6) is 0 Å². The maximum absolute atomic E-state index is 12.3. The molecule has 2 heterocycles. The molecule has 1 N–H and O–H groups in total. The Hall–Kier alpha value is -1.23. The Bertz CT molecular complexity index is 657. The molecule has 8 nitrogen and oxygen atoms in total. The van der Waals surface area contributed by atoms with E-state index in [-0.39, 0.29) is 21.6 Å². The second-order valence-electron chi connectivity index (χ2n) is 4.02. The molecule has 0 spiro atoms. The first-order valence-electron chi connectivity index (χ1n) is 5.53. The number of carbonyl (C=O) groups is 1. The highest BCUT2D eigenvalue weighted by molar-refractivity contribution is 7.91. The minimum atomic E-state index is -3.95. The largest absolute Gasteiger partial charge is 0.355 e. The Morgan fingerprint density at radius 3 is 2.80 bits per heavy atom. The van der Waals surface area contributed by atoms with Crippen LogP contribution in [0.1, 0.15) is 6.42 Å². The maximum atomic E-state index is 12.3. The van der Waals surface area contributed by atoms with Crippen LogP contribution in [0.15, 0.2) is 10.3 Å². The third kappa shape index (κ3) is 2.92. The van der Waals surface area contributed by atoms with Gasteiger partial charge in [-0.2, -0.15) is 4.31 Å². The zero-order valence-corrected chi connectivity index (χ0v) is 12.4. The zero-order chi connectivity index (χ0) is 14.9. The van der Waals surface area contributed by atoms with E-state index in [9.17, 15) is 23.3 Å². The van der Waals surface area contributed by atoms with Crippen molar-refractivity contribution in [3.05, 3.63) is 20.5 Å². The minimum Gasteiger partial charge on any atom is -0.355 e. The molecule has 1 amide bonds. The normalized spacial score (nSPS) is 17.6. The highest BCUT2D eigenvalue weighted by Crippen LogP contribution is 2.37. The number of hydrogen-bond donors (Lipinski definition) is 1. The predicted octanol–water partition coefficient (Wildman–Crippen LogP) is 0.820. The van der Waals surface area contributed by atoms with Crippen LogP contribution in [0.2, 0.25) is 4.34 Å². The molecular weight excluding hydrogens is 330 g/mol. The van der Waals surface area contributed by atoms with Crippen LogP contribution in [-0.4, -0.2) is 43.2 Å². The van der Waals surface area contributed by atoms with Crippen molar-refractivity contribution >= 4 is 44.6 Å². The van der Waals surface area contributed by atoms with Gasteiger partial charge in [-0.05, 0) is 6.42 Å². The molecule has 0 aromatic carbocycles. The van der Waals surface area contributed by atoms with Crippen LogP contribution in [0.4, 0.5) is 5.69 Å². The Labute approximate surface area is 123 Å². The van der Waals surface area contributed by atoms with Gasteiger partial charge in [0.05, 0.1) is 11.5 Å². The van der Waals surface area contributed by atoms with Crippen molar-refractivity contribution in [3.63, 3.8) is 0 Å². The number of thiophene rings is 1. The third-order valence-electron chi connectivity index (χ3n) is 2.66. The molecule has 1 aromatic rings. The summed E-state index contributed by atoms with van der Waals surface area (Å²) in [6.45, 7) is 0.270. The lowest BCUT2D eigenvalue weighted by Gasteiger charge is -2.17. The number of carbonyl (C=O) groups excluding carboxylic acids is 1. The first-order valence-corrected chi connectivity index (χ1v) is 8.16. The van der Waals surface area contributed by atoms with Crippen molar-refractivity contribution in [2.24, 2.45) is 0 Å². The van der Waals surface area contributed by atoms with Crippen molar-refractivity contribution in [1.82, 2.24) is 9.62 Å². The van der Waals surface area contributed by atoms with Crippen LogP contribution in [0.25, 0.3) is 0 Å². The summed E-state index contributed by atoms with van der Waals surface area (Å²) in [6.07, 6.45) is 0.478. The molecule has 0 bridgehead atoms. The number of nitrogens with one attached hydrogen (secondary N) is 1. The highest BCUT2D eigenvalue weighted by atomic mass is 35.5.